The molecule has 1 aromatic carbocycles. The SMILES string of the molecule is COC(C)(C)C1=Nc2c(F)cc(-c3nc(NC4CCOCC4O)ncc3Cl)cc2C12CCCC2. The maximum Gasteiger partial charge on any atom is 0.223 e. The molecule has 2 N–H and O–H groups in total. The normalized spacial score (nSPS) is 23.8. The van der Waals surface area contributed by atoms with Crippen molar-refractivity contribution < 1.29 is 19.0 Å². The summed E-state index contributed by atoms with van der Waals surface area (Å²) in [4.78, 5) is 13.7. The number of nitrogens with zero attached hydrogens (tertiary/aromatic N) is 3. The fourth-order valence-electron chi connectivity index (χ4n) is 5.55. The predicted molar refractivity (Wildman–Crippen MR) is 130 cm³/mol. The summed E-state index contributed by atoms with van der Waals surface area (Å²) in [5, 5.41) is 13.7. The first kappa shape index (κ1) is 23.6. The Bertz CT molecular complexity index is 1130. The highest BCUT2D eigenvalue weighted by Gasteiger charge is 2.51. The molecule has 1 aliphatic carbocycles. The van der Waals surface area contributed by atoms with Crippen molar-refractivity contribution in [3.05, 3.63) is 34.7 Å². The molecule has 2 fully saturated rings. The molecule has 0 radical (unpaired) electrons. The molecule has 3 aliphatic rings. The van der Waals surface area contributed by atoms with Gasteiger partial charge in [0.15, 0.2) is 0 Å². The van der Waals surface area contributed by atoms with E-state index < -0.39 is 17.5 Å². The molecular formula is C25H30ClFN4O3. The minimum atomic E-state index is -0.657. The quantitative estimate of drug-likeness (QED) is 0.627. The van der Waals surface area contributed by atoms with E-state index in [1.54, 1.807) is 7.11 Å². The third-order valence-electron chi connectivity index (χ3n) is 7.45. The number of rotatable bonds is 5. The van der Waals surface area contributed by atoms with Gasteiger partial charge in [-0.2, -0.15) is 0 Å². The monoisotopic (exact) mass is 488 g/mol. The van der Waals surface area contributed by atoms with E-state index in [1.807, 2.05) is 19.9 Å². The fraction of sp³-hybridized carbons (Fsp3) is 0.560. The smallest absolute Gasteiger partial charge is 0.223 e. The highest BCUT2D eigenvalue weighted by atomic mass is 35.5. The van der Waals surface area contributed by atoms with Crippen LogP contribution in [0.1, 0.15) is 51.5 Å². The van der Waals surface area contributed by atoms with Crippen LogP contribution in [-0.2, 0) is 14.9 Å². The summed E-state index contributed by atoms with van der Waals surface area (Å²) in [5.74, 6) is -0.0657. The summed E-state index contributed by atoms with van der Waals surface area (Å²) in [7, 11) is 1.67. The van der Waals surface area contributed by atoms with Crippen LogP contribution in [0.15, 0.2) is 23.3 Å². The lowest BCUT2D eigenvalue weighted by Crippen LogP contribution is -2.45. The largest absolute Gasteiger partial charge is 0.389 e. The van der Waals surface area contributed by atoms with Gasteiger partial charge in [0.1, 0.15) is 17.1 Å². The molecule has 34 heavy (non-hydrogen) atoms. The zero-order chi connectivity index (χ0) is 24.1. The maximum absolute atomic E-state index is 15.5. The maximum atomic E-state index is 15.5. The number of hydrogen-bond acceptors (Lipinski definition) is 7. The number of halogens is 2. The first-order valence-electron chi connectivity index (χ1n) is 11.8. The molecule has 0 bridgehead atoms. The van der Waals surface area contributed by atoms with E-state index in [1.165, 1.54) is 12.3 Å². The van der Waals surface area contributed by atoms with Gasteiger partial charge in [-0.3, -0.25) is 4.99 Å². The van der Waals surface area contributed by atoms with Crippen molar-refractivity contribution in [1.29, 1.82) is 0 Å². The number of aromatic nitrogens is 2. The standard InChI is InChI=1S/C25H30ClFN4O3/c1-24(2,33-3)22-25(7-4-5-8-25)15-10-14(11-17(27)21(15)30-22)20-16(26)12-28-23(31-20)29-18-6-9-34-13-19(18)32/h10-12,18-19,32H,4-9,13H2,1-3H3,(H,28,29,31). The average Bonchev–Trinajstić information content (AvgIpc) is 3.43. The minimum Gasteiger partial charge on any atom is -0.389 e. The lowest BCUT2D eigenvalue weighted by Gasteiger charge is -2.35. The van der Waals surface area contributed by atoms with Gasteiger partial charge in [-0.25, -0.2) is 14.4 Å². The Balaban J connectivity index is 1.55. The summed E-state index contributed by atoms with van der Waals surface area (Å²) in [5.41, 5.74) is 2.22. The van der Waals surface area contributed by atoms with E-state index in [0.29, 0.717) is 40.9 Å². The van der Waals surface area contributed by atoms with Crippen LogP contribution < -0.4 is 5.32 Å². The molecule has 3 heterocycles. The number of ether oxygens (including phenoxy) is 2. The Hall–Kier alpha value is -2.13. The van der Waals surface area contributed by atoms with Crippen LogP contribution in [0.2, 0.25) is 5.02 Å². The predicted octanol–water partition coefficient (Wildman–Crippen LogP) is 4.82. The molecule has 9 heteroatoms. The second-order valence-corrected chi connectivity index (χ2v) is 10.3. The topological polar surface area (TPSA) is 88.9 Å². The van der Waals surface area contributed by atoms with Gasteiger partial charge in [-0.15, -0.1) is 0 Å². The number of fused-ring (bicyclic) bond motifs is 2. The van der Waals surface area contributed by atoms with Crippen molar-refractivity contribution >= 4 is 28.9 Å². The molecule has 1 saturated heterocycles. The van der Waals surface area contributed by atoms with E-state index >= 15 is 4.39 Å². The van der Waals surface area contributed by atoms with E-state index in [4.69, 9.17) is 26.1 Å². The minimum absolute atomic E-state index is 0.228. The molecule has 7 nitrogen and oxygen atoms in total. The molecule has 2 atom stereocenters. The van der Waals surface area contributed by atoms with Gasteiger partial charge in [0.2, 0.25) is 5.95 Å². The van der Waals surface area contributed by atoms with Crippen molar-refractivity contribution in [3.8, 4) is 11.3 Å². The van der Waals surface area contributed by atoms with Crippen molar-refractivity contribution in [2.75, 3.05) is 25.6 Å². The Morgan fingerprint density at radius 1 is 1.29 bits per heavy atom. The second-order valence-electron chi connectivity index (χ2n) is 9.89. The number of hydrogen-bond donors (Lipinski definition) is 2. The lowest BCUT2D eigenvalue weighted by atomic mass is 9.71. The van der Waals surface area contributed by atoms with E-state index in [0.717, 1.165) is 37.0 Å². The van der Waals surface area contributed by atoms with Crippen LogP contribution >= 0.6 is 11.6 Å². The number of aliphatic hydroxyl groups is 1. The Kier molecular flexibility index (Phi) is 6.13. The summed E-state index contributed by atoms with van der Waals surface area (Å²) in [6.45, 7) is 4.78. The van der Waals surface area contributed by atoms with Gasteiger partial charge < -0.3 is 19.9 Å². The summed E-state index contributed by atoms with van der Waals surface area (Å²) >= 11 is 6.49. The zero-order valence-electron chi connectivity index (χ0n) is 19.7. The number of methoxy groups -OCH3 is 1. The van der Waals surface area contributed by atoms with Gasteiger partial charge in [0.05, 0.1) is 41.4 Å². The average molecular weight is 489 g/mol. The van der Waals surface area contributed by atoms with Gasteiger partial charge in [0, 0.05) is 24.7 Å². The Morgan fingerprint density at radius 2 is 2.06 bits per heavy atom. The number of aliphatic imine (C=N–C) groups is 1. The van der Waals surface area contributed by atoms with Crippen molar-refractivity contribution in [3.63, 3.8) is 0 Å². The molecule has 2 aliphatic heterocycles. The second kappa shape index (κ2) is 8.82. The molecule has 5 rings (SSSR count). The van der Waals surface area contributed by atoms with Crippen molar-refractivity contribution in [1.82, 2.24) is 9.97 Å². The molecule has 2 unspecified atom stereocenters. The van der Waals surface area contributed by atoms with E-state index in [2.05, 4.69) is 15.3 Å². The first-order chi connectivity index (χ1) is 16.2. The van der Waals surface area contributed by atoms with E-state index in [-0.39, 0.29) is 18.1 Å². The molecule has 0 amide bonds. The lowest BCUT2D eigenvalue weighted by molar-refractivity contribution is -0.0136. The van der Waals surface area contributed by atoms with Gasteiger partial charge in [-0.1, -0.05) is 24.4 Å². The highest BCUT2D eigenvalue weighted by Crippen LogP contribution is 2.54. The molecule has 1 spiro atoms. The summed E-state index contributed by atoms with van der Waals surface area (Å²) in [6.07, 6.45) is 5.40. The highest BCUT2D eigenvalue weighted by molar-refractivity contribution is 6.33. The van der Waals surface area contributed by atoms with Gasteiger partial charge in [-0.05, 0) is 50.8 Å². The van der Waals surface area contributed by atoms with Crippen LogP contribution in [-0.4, -0.2) is 58.9 Å². The molecule has 2 aromatic rings. The van der Waals surface area contributed by atoms with Crippen LogP contribution in [0.25, 0.3) is 11.3 Å². The number of anilines is 1. The van der Waals surface area contributed by atoms with Crippen LogP contribution in [0.4, 0.5) is 16.0 Å². The number of nitrogens with one attached hydrogen (secondary N) is 1. The zero-order valence-corrected chi connectivity index (χ0v) is 20.5. The first-order valence-corrected chi connectivity index (χ1v) is 12.2. The molecule has 1 aromatic heterocycles. The van der Waals surface area contributed by atoms with Gasteiger partial charge in [0.25, 0.3) is 0 Å². The van der Waals surface area contributed by atoms with Gasteiger partial charge >= 0.3 is 0 Å². The Morgan fingerprint density at radius 3 is 2.76 bits per heavy atom. The summed E-state index contributed by atoms with van der Waals surface area (Å²) < 4.78 is 26.6. The van der Waals surface area contributed by atoms with Crippen molar-refractivity contribution in [2.45, 2.75) is 69.1 Å². The third kappa shape index (κ3) is 3.90. The summed E-state index contributed by atoms with van der Waals surface area (Å²) in [6, 6.07) is 3.19. The molecule has 1 saturated carbocycles. The third-order valence-corrected chi connectivity index (χ3v) is 7.73. The van der Waals surface area contributed by atoms with Crippen molar-refractivity contribution in [2.24, 2.45) is 4.99 Å². The Labute approximate surface area is 203 Å². The van der Waals surface area contributed by atoms with Crippen LogP contribution in [0, 0.1) is 5.82 Å². The number of benzene rings is 1. The van der Waals surface area contributed by atoms with E-state index in [9.17, 15) is 5.11 Å². The van der Waals surface area contributed by atoms with Crippen LogP contribution in [0.5, 0.6) is 0 Å². The fourth-order valence-corrected chi connectivity index (χ4v) is 5.75. The number of aliphatic hydroxyl groups excluding tert-OH is 1. The van der Waals surface area contributed by atoms with Crippen LogP contribution in [0.3, 0.4) is 0 Å². The molecule has 182 valence electrons. The molecular weight excluding hydrogens is 459 g/mol.